The minimum atomic E-state index is -0.0633. The maximum Gasteiger partial charge on any atom is 0.256 e. The van der Waals surface area contributed by atoms with Crippen molar-refractivity contribution in [3.63, 3.8) is 0 Å². The first-order valence-corrected chi connectivity index (χ1v) is 9.83. The lowest BCUT2D eigenvalue weighted by atomic mass is 9.91. The Morgan fingerprint density at radius 3 is 2.14 bits per heavy atom. The van der Waals surface area contributed by atoms with Gasteiger partial charge in [0.15, 0.2) is 0 Å². The highest BCUT2D eigenvalue weighted by atomic mass is 16.1. The molecule has 29 heavy (non-hydrogen) atoms. The summed E-state index contributed by atoms with van der Waals surface area (Å²) < 4.78 is 0. The van der Waals surface area contributed by atoms with Gasteiger partial charge in [0.1, 0.15) is 0 Å². The molecule has 0 amide bonds. The van der Waals surface area contributed by atoms with Crippen LogP contribution in [0.2, 0.25) is 0 Å². The SMILES string of the molecule is Cc1ccc2cc(-c3c(-c4ccccc4)c4cc(C)ccc4[nH]c3=O)ccc2c1. The summed E-state index contributed by atoms with van der Waals surface area (Å²) >= 11 is 0. The number of aryl methyl sites for hydroxylation is 2. The maximum absolute atomic E-state index is 13.2. The van der Waals surface area contributed by atoms with Crippen molar-refractivity contribution in [3.05, 3.63) is 106 Å². The second-order valence-electron chi connectivity index (χ2n) is 7.68. The predicted molar refractivity (Wildman–Crippen MR) is 122 cm³/mol. The molecular formula is C27H21NO. The van der Waals surface area contributed by atoms with Crippen LogP contribution in [0.5, 0.6) is 0 Å². The van der Waals surface area contributed by atoms with Gasteiger partial charge in [-0.05, 0) is 53.9 Å². The number of hydrogen-bond donors (Lipinski definition) is 1. The van der Waals surface area contributed by atoms with Gasteiger partial charge in [-0.3, -0.25) is 4.79 Å². The van der Waals surface area contributed by atoms with E-state index in [-0.39, 0.29) is 5.56 Å². The third-order valence-corrected chi connectivity index (χ3v) is 5.52. The van der Waals surface area contributed by atoms with Crippen LogP contribution in [0, 0.1) is 13.8 Å². The van der Waals surface area contributed by atoms with Gasteiger partial charge < -0.3 is 4.98 Å². The molecule has 1 N–H and O–H groups in total. The van der Waals surface area contributed by atoms with Gasteiger partial charge in [0, 0.05) is 16.5 Å². The average molecular weight is 375 g/mol. The van der Waals surface area contributed by atoms with Gasteiger partial charge in [-0.1, -0.05) is 77.9 Å². The Morgan fingerprint density at radius 1 is 0.621 bits per heavy atom. The number of aromatic amines is 1. The standard InChI is InChI=1S/C27H21NO/c1-17-8-10-21-16-22(12-11-20(21)14-17)26-25(19-6-4-3-5-7-19)23-15-18(2)9-13-24(23)28-27(26)29/h3-16H,1-2H3,(H,28,29). The second-order valence-corrected chi connectivity index (χ2v) is 7.68. The van der Waals surface area contributed by atoms with Crippen LogP contribution >= 0.6 is 0 Å². The van der Waals surface area contributed by atoms with E-state index in [4.69, 9.17) is 0 Å². The fourth-order valence-corrected chi connectivity index (χ4v) is 4.11. The van der Waals surface area contributed by atoms with Crippen molar-refractivity contribution in [2.75, 3.05) is 0 Å². The minimum absolute atomic E-state index is 0.0633. The zero-order valence-electron chi connectivity index (χ0n) is 16.5. The molecule has 1 aromatic heterocycles. The number of benzene rings is 4. The molecule has 0 unspecified atom stereocenters. The summed E-state index contributed by atoms with van der Waals surface area (Å²) in [5, 5.41) is 3.38. The summed E-state index contributed by atoms with van der Waals surface area (Å²) in [4.78, 5) is 16.3. The molecule has 0 spiro atoms. The highest BCUT2D eigenvalue weighted by molar-refractivity contribution is 6.03. The highest BCUT2D eigenvalue weighted by Gasteiger charge is 2.16. The van der Waals surface area contributed by atoms with Crippen LogP contribution in [0.25, 0.3) is 43.9 Å². The molecule has 140 valence electrons. The van der Waals surface area contributed by atoms with Crippen molar-refractivity contribution in [1.29, 1.82) is 0 Å². The molecule has 0 atom stereocenters. The molecule has 0 radical (unpaired) electrons. The van der Waals surface area contributed by atoms with Crippen LogP contribution in [0.1, 0.15) is 11.1 Å². The molecule has 0 aliphatic rings. The smallest absolute Gasteiger partial charge is 0.256 e. The zero-order valence-corrected chi connectivity index (χ0v) is 16.5. The lowest BCUT2D eigenvalue weighted by molar-refractivity contribution is 1.30. The first-order valence-electron chi connectivity index (χ1n) is 9.83. The number of H-pyrrole nitrogens is 1. The zero-order chi connectivity index (χ0) is 20.0. The molecule has 5 aromatic rings. The van der Waals surface area contributed by atoms with Crippen LogP contribution in [-0.2, 0) is 0 Å². The van der Waals surface area contributed by atoms with Crippen LogP contribution in [0.3, 0.4) is 0 Å². The third-order valence-electron chi connectivity index (χ3n) is 5.52. The summed E-state index contributed by atoms with van der Waals surface area (Å²) in [6, 6.07) is 29.0. The monoisotopic (exact) mass is 375 g/mol. The number of fused-ring (bicyclic) bond motifs is 2. The van der Waals surface area contributed by atoms with Gasteiger partial charge in [0.2, 0.25) is 0 Å². The Kier molecular flexibility index (Phi) is 4.06. The van der Waals surface area contributed by atoms with E-state index in [0.717, 1.165) is 38.5 Å². The van der Waals surface area contributed by atoms with E-state index in [9.17, 15) is 4.79 Å². The fraction of sp³-hybridized carbons (Fsp3) is 0.0741. The minimum Gasteiger partial charge on any atom is -0.321 e. The maximum atomic E-state index is 13.2. The molecule has 0 aliphatic carbocycles. The van der Waals surface area contributed by atoms with Crippen molar-refractivity contribution in [3.8, 4) is 22.3 Å². The summed E-state index contributed by atoms with van der Waals surface area (Å²) in [5.41, 5.74) is 6.89. The van der Waals surface area contributed by atoms with E-state index in [0.29, 0.717) is 0 Å². The number of aromatic nitrogens is 1. The summed E-state index contributed by atoms with van der Waals surface area (Å²) in [7, 11) is 0. The Labute approximate surface area is 169 Å². The van der Waals surface area contributed by atoms with E-state index in [1.54, 1.807) is 0 Å². The van der Waals surface area contributed by atoms with E-state index >= 15 is 0 Å². The normalized spacial score (nSPS) is 11.2. The van der Waals surface area contributed by atoms with E-state index in [2.05, 4.69) is 73.4 Å². The van der Waals surface area contributed by atoms with Gasteiger partial charge >= 0.3 is 0 Å². The van der Waals surface area contributed by atoms with E-state index in [1.165, 1.54) is 16.5 Å². The molecule has 0 saturated carbocycles. The number of hydrogen-bond acceptors (Lipinski definition) is 1. The summed E-state index contributed by atoms with van der Waals surface area (Å²) in [5.74, 6) is 0. The van der Waals surface area contributed by atoms with Crippen LogP contribution in [0.15, 0.2) is 89.7 Å². The Hall–Kier alpha value is -3.65. The van der Waals surface area contributed by atoms with Gasteiger partial charge in [-0.2, -0.15) is 0 Å². The van der Waals surface area contributed by atoms with Crippen LogP contribution < -0.4 is 5.56 Å². The van der Waals surface area contributed by atoms with Crippen molar-refractivity contribution < 1.29 is 0 Å². The molecular weight excluding hydrogens is 354 g/mol. The van der Waals surface area contributed by atoms with Crippen molar-refractivity contribution in [2.45, 2.75) is 13.8 Å². The molecule has 5 rings (SSSR count). The van der Waals surface area contributed by atoms with Crippen molar-refractivity contribution in [2.24, 2.45) is 0 Å². The predicted octanol–water partition coefficient (Wildman–Crippen LogP) is 6.63. The van der Waals surface area contributed by atoms with Gasteiger partial charge in [0.25, 0.3) is 5.56 Å². The third kappa shape index (κ3) is 3.03. The summed E-state index contributed by atoms with van der Waals surface area (Å²) in [6.45, 7) is 4.18. The van der Waals surface area contributed by atoms with Gasteiger partial charge in [-0.15, -0.1) is 0 Å². The molecule has 0 fully saturated rings. The number of pyridine rings is 1. The molecule has 2 heteroatoms. The highest BCUT2D eigenvalue weighted by Crippen LogP contribution is 2.36. The molecule has 0 bridgehead atoms. The average Bonchev–Trinajstić information content (AvgIpc) is 2.73. The number of rotatable bonds is 2. The molecule has 0 saturated heterocycles. The quantitative estimate of drug-likeness (QED) is 0.369. The topological polar surface area (TPSA) is 32.9 Å². The molecule has 1 heterocycles. The lowest BCUT2D eigenvalue weighted by Crippen LogP contribution is -2.11. The lowest BCUT2D eigenvalue weighted by Gasteiger charge is -2.14. The van der Waals surface area contributed by atoms with Crippen molar-refractivity contribution in [1.82, 2.24) is 4.98 Å². The van der Waals surface area contributed by atoms with E-state index < -0.39 is 0 Å². The first kappa shape index (κ1) is 17.4. The van der Waals surface area contributed by atoms with Crippen LogP contribution in [-0.4, -0.2) is 4.98 Å². The summed E-state index contributed by atoms with van der Waals surface area (Å²) in [6.07, 6.45) is 0. The second kappa shape index (κ2) is 6.75. The fourth-order valence-electron chi connectivity index (χ4n) is 4.11. The molecule has 4 aromatic carbocycles. The van der Waals surface area contributed by atoms with Crippen LogP contribution in [0.4, 0.5) is 0 Å². The first-order chi connectivity index (χ1) is 14.1. The largest absolute Gasteiger partial charge is 0.321 e. The Balaban J connectivity index is 1.89. The molecule has 2 nitrogen and oxygen atoms in total. The molecule has 0 aliphatic heterocycles. The van der Waals surface area contributed by atoms with Crippen molar-refractivity contribution >= 4 is 21.7 Å². The van der Waals surface area contributed by atoms with Gasteiger partial charge in [-0.25, -0.2) is 0 Å². The van der Waals surface area contributed by atoms with Gasteiger partial charge in [0.05, 0.1) is 5.56 Å². The Bertz CT molecular complexity index is 1430. The number of nitrogens with one attached hydrogen (secondary N) is 1. The Morgan fingerprint density at radius 2 is 1.31 bits per heavy atom. The van der Waals surface area contributed by atoms with E-state index in [1.807, 2.05) is 30.3 Å².